The quantitative estimate of drug-likeness (QED) is 0.125. The van der Waals surface area contributed by atoms with Crippen molar-refractivity contribution >= 4 is 17.5 Å². The molecule has 0 saturated heterocycles. The van der Waals surface area contributed by atoms with Crippen molar-refractivity contribution in [3.05, 3.63) is 11.5 Å². The Bertz CT molecular complexity index is 689. The summed E-state index contributed by atoms with van der Waals surface area (Å²) in [4.78, 5) is 36.7. The van der Waals surface area contributed by atoms with E-state index in [2.05, 4.69) is 11.7 Å². The van der Waals surface area contributed by atoms with Gasteiger partial charge in [-0.15, -0.1) is 0 Å². The molecular weight excluding hydrogens is 436 g/mol. The Morgan fingerprint density at radius 3 is 2.00 bits per heavy atom. The van der Waals surface area contributed by atoms with Crippen LogP contribution in [0.15, 0.2) is 11.5 Å². The number of Topliss-reactive ketones (excluding diaryl/α,β-unsaturated/α-hetero) is 2. The van der Waals surface area contributed by atoms with E-state index >= 15 is 0 Å². The molecule has 33 heavy (non-hydrogen) atoms. The van der Waals surface area contributed by atoms with Crippen molar-refractivity contribution in [1.29, 1.82) is 0 Å². The van der Waals surface area contributed by atoms with Crippen LogP contribution in [0.3, 0.4) is 0 Å². The number of unbranched alkanes of at least 4 members (excludes halogenated alkanes) is 8. The van der Waals surface area contributed by atoms with E-state index < -0.39 is 72.4 Å². The van der Waals surface area contributed by atoms with Crippen molar-refractivity contribution < 1.29 is 49.8 Å². The lowest BCUT2D eigenvalue weighted by atomic mass is 9.82. The first-order valence-corrected chi connectivity index (χ1v) is 11.7. The molecule has 0 aromatic heterocycles. The van der Waals surface area contributed by atoms with E-state index in [1.54, 1.807) is 0 Å². The second-order valence-electron chi connectivity index (χ2n) is 8.64. The number of hydrogen-bond acceptors (Lipinski definition) is 10. The van der Waals surface area contributed by atoms with Crippen LogP contribution in [0.2, 0.25) is 0 Å². The Kier molecular flexibility index (Phi) is 12.6. The highest BCUT2D eigenvalue weighted by Gasteiger charge is 2.53. The highest BCUT2D eigenvalue weighted by molar-refractivity contribution is 5.96. The molecule has 0 fully saturated rings. The molecule has 2 unspecified atom stereocenters. The van der Waals surface area contributed by atoms with E-state index in [0.717, 1.165) is 25.7 Å². The molecule has 1 rings (SSSR count). The van der Waals surface area contributed by atoms with E-state index in [-0.39, 0.29) is 6.42 Å². The van der Waals surface area contributed by atoms with Crippen molar-refractivity contribution in [2.45, 2.75) is 95.4 Å². The van der Waals surface area contributed by atoms with Gasteiger partial charge in [0.25, 0.3) is 0 Å². The standard InChI is InChI=1S/C23H38O10/c1-2-3-4-5-6-7-8-9-10-11-15(18(28)16(26)13-24)12-17(27)23(32,14-25)21-19(29)20(30)22(31)33-21/h15-16,21,24-26,29-30,32H,2-14H2,1H3/t15?,16?,21-,23+/m0/s1. The van der Waals surface area contributed by atoms with Gasteiger partial charge in [-0.3, -0.25) is 9.59 Å². The molecule has 0 spiro atoms. The Hall–Kier alpha value is -2.01. The van der Waals surface area contributed by atoms with Gasteiger partial charge in [-0.2, -0.15) is 0 Å². The molecule has 4 atom stereocenters. The number of aliphatic hydroxyl groups is 6. The number of esters is 1. The third-order valence-electron chi connectivity index (χ3n) is 6.06. The zero-order chi connectivity index (χ0) is 25.0. The van der Waals surface area contributed by atoms with Crippen LogP contribution < -0.4 is 0 Å². The minimum Gasteiger partial charge on any atom is -0.505 e. The van der Waals surface area contributed by atoms with Gasteiger partial charge in [-0.05, 0) is 6.42 Å². The fraction of sp³-hybridized carbons (Fsp3) is 0.783. The van der Waals surface area contributed by atoms with Crippen LogP contribution in [0.1, 0.15) is 77.6 Å². The van der Waals surface area contributed by atoms with Gasteiger partial charge in [-0.25, -0.2) is 4.79 Å². The molecule has 0 saturated carbocycles. The predicted octanol–water partition coefficient (Wildman–Crippen LogP) is 1.38. The summed E-state index contributed by atoms with van der Waals surface area (Å²) in [6.45, 7) is 0.0764. The summed E-state index contributed by atoms with van der Waals surface area (Å²) in [6, 6.07) is 0. The van der Waals surface area contributed by atoms with Crippen LogP contribution in [0.5, 0.6) is 0 Å². The van der Waals surface area contributed by atoms with E-state index in [1.165, 1.54) is 25.7 Å². The molecule has 0 bridgehead atoms. The summed E-state index contributed by atoms with van der Waals surface area (Å²) >= 11 is 0. The lowest BCUT2D eigenvalue weighted by Crippen LogP contribution is -2.54. The second-order valence-corrected chi connectivity index (χ2v) is 8.64. The first-order valence-electron chi connectivity index (χ1n) is 11.7. The van der Waals surface area contributed by atoms with E-state index in [9.17, 15) is 39.9 Å². The van der Waals surface area contributed by atoms with Crippen LogP contribution >= 0.6 is 0 Å². The molecule has 6 N–H and O–H groups in total. The molecule has 1 aliphatic rings. The minimum atomic E-state index is -2.79. The molecule has 0 aromatic rings. The van der Waals surface area contributed by atoms with E-state index in [0.29, 0.717) is 6.42 Å². The zero-order valence-electron chi connectivity index (χ0n) is 19.2. The molecule has 10 nitrogen and oxygen atoms in total. The number of ether oxygens (including phenoxy) is 1. The Labute approximate surface area is 193 Å². The maximum atomic E-state index is 12.8. The summed E-state index contributed by atoms with van der Waals surface area (Å²) in [5.74, 6) is -6.59. The third-order valence-corrected chi connectivity index (χ3v) is 6.06. The first kappa shape index (κ1) is 29.0. The summed E-state index contributed by atoms with van der Waals surface area (Å²) in [5, 5.41) is 58.4. The maximum absolute atomic E-state index is 12.8. The molecule has 190 valence electrons. The number of hydrogen-bond donors (Lipinski definition) is 6. The predicted molar refractivity (Wildman–Crippen MR) is 117 cm³/mol. The van der Waals surface area contributed by atoms with Crippen LogP contribution in [-0.4, -0.2) is 79.2 Å². The number of rotatable bonds is 18. The summed E-state index contributed by atoms with van der Waals surface area (Å²) in [5.41, 5.74) is -2.79. The molecule has 0 aromatic carbocycles. The molecule has 1 heterocycles. The third kappa shape index (κ3) is 8.06. The number of carbonyl (C=O) groups is 3. The number of cyclic esters (lactones) is 1. The van der Waals surface area contributed by atoms with Crippen LogP contribution in [0.4, 0.5) is 0 Å². The van der Waals surface area contributed by atoms with Gasteiger partial charge >= 0.3 is 5.97 Å². The normalized spacial score (nSPS) is 19.8. The molecular formula is C23H38O10. The van der Waals surface area contributed by atoms with Crippen molar-refractivity contribution in [2.75, 3.05) is 13.2 Å². The molecule has 10 heteroatoms. The fourth-order valence-electron chi connectivity index (χ4n) is 3.90. The number of carbonyl (C=O) groups excluding carboxylic acids is 3. The van der Waals surface area contributed by atoms with Gasteiger partial charge in [0.05, 0.1) is 13.2 Å². The van der Waals surface area contributed by atoms with Gasteiger partial charge in [0.1, 0.15) is 6.10 Å². The van der Waals surface area contributed by atoms with Gasteiger partial charge in [0, 0.05) is 12.3 Å². The fourth-order valence-corrected chi connectivity index (χ4v) is 3.90. The zero-order valence-corrected chi connectivity index (χ0v) is 19.2. The lowest BCUT2D eigenvalue weighted by Gasteiger charge is -2.30. The van der Waals surface area contributed by atoms with Crippen LogP contribution in [-0.2, 0) is 19.1 Å². The smallest absolute Gasteiger partial charge is 0.378 e. The number of ketones is 2. The van der Waals surface area contributed by atoms with Gasteiger partial charge < -0.3 is 35.4 Å². The number of aliphatic hydroxyl groups excluding tert-OH is 5. The SMILES string of the molecule is CCCCCCCCCCCC(CC(=O)[C@](O)(CO)[C@H]1OC(=O)C(O)=C1O)C(=O)C(O)CO. The Balaban J connectivity index is 2.74. The van der Waals surface area contributed by atoms with E-state index in [1.807, 2.05) is 0 Å². The molecule has 0 amide bonds. The van der Waals surface area contributed by atoms with Crippen molar-refractivity contribution in [1.82, 2.24) is 0 Å². The molecule has 0 aliphatic carbocycles. The van der Waals surface area contributed by atoms with Crippen LogP contribution in [0.25, 0.3) is 0 Å². The molecule has 0 radical (unpaired) electrons. The van der Waals surface area contributed by atoms with Crippen molar-refractivity contribution in [3.63, 3.8) is 0 Å². The van der Waals surface area contributed by atoms with Gasteiger partial charge in [-0.1, -0.05) is 64.7 Å². The van der Waals surface area contributed by atoms with E-state index in [4.69, 9.17) is 5.11 Å². The monoisotopic (exact) mass is 474 g/mol. The largest absolute Gasteiger partial charge is 0.505 e. The first-order chi connectivity index (χ1) is 15.6. The highest BCUT2D eigenvalue weighted by Crippen LogP contribution is 2.31. The van der Waals surface area contributed by atoms with Crippen LogP contribution in [0, 0.1) is 5.92 Å². The van der Waals surface area contributed by atoms with Gasteiger partial charge in [0.15, 0.2) is 22.9 Å². The molecule has 1 aliphatic heterocycles. The van der Waals surface area contributed by atoms with Gasteiger partial charge in [0.2, 0.25) is 11.9 Å². The maximum Gasteiger partial charge on any atom is 0.378 e. The average molecular weight is 475 g/mol. The average Bonchev–Trinajstić information content (AvgIpc) is 3.08. The second kappa shape index (κ2) is 14.3. The lowest BCUT2D eigenvalue weighted by molar-refractivity contribution is -0.170. The van der Waals surface area contributed by atoms with Crippen molar-refractivity contribution in [2.24, 2.45) is 5.92 Å². The highest BCUT2D eigenvalue weighted by atomic mass is 16.6. The summed E-state index contributed by atoms with van der Waals surface area (Å²) in [6.07, 6.45) is 5.13. The Morgan fingerprint density at radius 1 is 1.00 bits per heavy atom. The Morgan fingerprint density at radius 2 is 1.55 bits per heavy atom. The van der Waals surface area contributed by atoms with Crippen molar-refractivity contribution in [3.8, 4) is 0 Å². The topological polar surface area (TPSA) is 182 Å². The summed E-state index contributed by atoms with van der Waals surface area (Å²) in [7, 11) is 0. The minimum absolute atomic E-state index is 0.205. The summed E-state index contributed by atoms with van der Waals surface area (Å²) < 4.78 is 4.62.